The minimum absolute atomic E-state index is 0.218. The Kier molecular flexibility index (Phi) is 4.72. The number of aryl methyl sites for hydroxylation is 1. The van der Waals surface area contributed by atoms with Crippen LogP contribution < -0.4 is 0 Å². The highest BCUT2D eigenvalue weighted by atomic mass is 16.3. The van der Waals surface area contributed by atoms with Crippen molar-refractivity contribution < 1.29 is 5.11 Å². The summed E-state index contributed by atoms with van der Waals surface area (Å²) in [7, 11) is 0. The van der Waals surface area contributed by atoms with Crippen molar-refractivity contribution in [3.05, 3.63) is 12.2 Å². The van der Waals surface area contributed by atoms with Gasteiger partial charge in [-0.05, 0) is 39.2 Å². The Bertz CT molecular complexity index is 364. The number of aliphatic hydroxyl groups is 1. The molecule has 0 saturated carbocycles. The number of aromatic nitrogens is 3. The van der Waals surface area contributed by atoms with Crippen molar-refractivity contribution in [2.75, 3.05) is 6.54 Å². The summed E-state index contributed by atoms with van der Waals surface area (Å²) in [5.74, 6) is 1.05. The highest BCUT2D eigenvalue weighted by Crippen LogP contribution is 2.23. The second kappa shape index (κ2) is 6.29. The molecule has 18 heavy (non-hydrogen) atoms. The lowest BCUT2D eigenvalue weighted by Crippen LogP contribution is -2.32. The molecule has 1 N–H and O–H groups in total. The van der Waals surface area contributed by atoms with Gasteiger partial charge in [0.1, 0.15) is 12.2 Å². The summed E-state index contributed by atoms with van der Waals surface area (Å²) < 4.78 is 2.00. The highest BCUT2D eigenvalue weighted by molar-refractivity contribution is 4.89. The molecule has 2 heterocycles. The predicted molar refractivity (Wildman–Crippen MR) is 70.0 cm³/mol. The van der Waals surface area contributed by atoms with Crippen LogP contribution in [0.15, 0.2) is 6.33 Å². The Labute approximate surface area is 109 Å². The van der Waals surface area contributed by atoms with Gasteiger partial charge in [0.05, 0.1) is 12.6 Å². The van der Waals surface area contributed by atoms with Gasteiger partial charge < -0.3 is 5.11 Å². The molecule has 0 radical (unpaired) electrons. The Morgan fingerprint density at radius 1 is 1.56 bits per heavy atom. The third-order valence-corrected chi connectivity index (χ3v) is 3.59. The molecule has 2 rings (SSSR count). The second-order valence-corrected chi connectivity index (χ2v) is 5.25. The van der Waals surface area contributed by atoms with Gasteiger partial charge >= 0.3 is 0 Å². The zero-order valence-corrected chi connectivity index (χ0v) is 11.4. The maximum Gasteiger partial charge on any atom is 0.141 e. The van der Waals surface area contributed by atoms with E-state index in [2.05, 4.69) is 21.9 Å². The van der Waals surface area contributed by atoms with Crippen LogP contribution in [0.5, 0.6) is 0 Å². The fraction of sp³-hybridized carbons (Fsp3) is 0.846. The number of aliphatic hydroxyl groups excluding tert-OH is 1. The van der Waals surface area contributed by atoms with E-state index in [4.69, 9.17) is 0 Å². The van der Waals surface area contributed by atoms with E-state index in [0.29, 0.717) is 6.04 Å². The number of hydrogen-bond acceptors (Lipinski definition) is 4. The molecule has 0 aliphatic carbocycles. The topological polar surface area (TPSA) is 54.2 Å². The maximum absolute atomic E-state index is 9.54. The summed E-state index contributed by atoms with van der Waals surface area (Å²) in [6.07, 6.45) is 5.77. The standard InChI is InChI=1S/C13H24N4O/c1-3-6-17-13(14-10-15-17)9-16-7-4-5-12(16)8-11(2)18/h10-12,18H,3-9H2,1-2H3. The van der Waals surface area contributed by atoms with Crippen molar-refractivity contribution in [3.63, 3.8) is 0 Å². The van der Waals surface area contributed by atoms with Gasteiger partial charge in [-0.15, -0.1) is 0 Å². The Morgan fingerprint density at radius 3 is 3.11 bits per heavy atom. The molecule has 1 aromatic rings. The molecule has 2 atom stereocenters. The zero-order valence-electron chi connectivity index (χ0n) is 11.4. The zero-order chi connectivity index (χ0) is 13.0. The average molecular weight is 252 g/mol. The van der Waals surface area contributed by atoms with Crippen molar-refractivity contribution in [3.8, 4) is 0 Å². The summed E-state index contributed by atoms with van der Waals surface area (Å²) >= 11 is 0. The van der Waals surface area contributed by atoms with Crippen LogP contribution in [0.1, 0.15) is 45.4 Å². The summed E-state index contributed by atoms with van der Waals surface area (Å²) in [6.45, 7) is 6.92. The molecule has 1 aliphatic rings. The second-order valence-electron chi connectivity index (χ2n) is 5.25. The smallest absolute Gasteiger partial charge is 0.141 e. The van der Waals surface area contributed by atoms with E-state index < -0.39 is 0 Å². The van der Waals surface area contributed by atoms with Crippen molar-refractivity contribution in [2.24, 2.45) is 0 Å². The minimum Gasteiger partial charge on any atom is -0.393 e. The SMILES string of the molecule is CCCn1ncnc1CN1CCCC1CC(C)O. The highest BCUT2D eigenvalue weighted by Gasteiger charge is 2.26. The minimum atomic E-state index is -0.218. The first kappa shape index (κ1) is 13.5. The van der Waals surface area contributed by atoms with E-state index in [1.165, 1.54) is 12.8 Å². The molecule has 1 fully saturated rings. The first-order valence-electron chi connectivity index (χ1n) is 6.99. The average Bonchev–Trinajstić information content (AvgIpc) is 2.91. The molecule has 1 saturated heterocycles. The Hall–Kier alpha value is -0.940. The van der Waals surface area contributed by atoms with Crippen LogP contribution in [0, 0.1) is 0 Å². The van der Waals surface area contributed by atoms with Crippen molar-refractivity contribution >= 4 is 0 Å². The molecule has 0 spiro atoms. The van der Waals surface area contributed by atoms with E-state index in [1.54, 1.807) is 6.33 Å². The van der Waals surface area contributed by atoms with E-state index in [0.717, 1.165) is 38.3 Å². The number of rotatable bonds is 6. The first-order chi connectivity index (χ1) is 8.70. The summed E-state index contributed by atoms with van der Waals surface area (Å²) in [4.78, 5) is 6.79. The van der Waals surface area contributed by atoms with Crippen LogP contribution in [0.2, 0.25) is 0 Å². The predicted octanol–water partition coefficient (Wildman–Crippen LogP) is 1.42. The van der Waals surface area contributed by atoms with Crippen LogP contribution in [-0.2, 0) is 13.1 Å². The van der Waals surface area contributed by atoms with E-state index >= 15 is 0 Å². The Balaban J connectivity index is 1.97. The molecule has 0 amide bonds. The molecule has 2 unspecified atom stereocenters. The van der Waals surface area contributed by atoms with E-state index in [1.807, 2.05) is 11.6 Å². The molecule has 0 aromatic carbocycles. The summed E-state index contributed by atoms with van der Waals surface area (Å²) in [6, 6.07) is 0.497. The van der Waals surface area contributed by atoms with Gasteiger partial charge in [-0.1, -0.05) is 6.92 Å². The summed E-state index contributed by atoms with van der Waals surface area (Å²) in [5, 5.41) is 13.8. The molecule has 0 bridgehead atoms. The molecule has 1 aliphatic heterocycles. The summed E-state index contributed by atoms with van der Waals surface area (Å²) in [5.41, 5.74) is 0. The first-order valence-corrected chi connectivity index (χ1v) is 6.99. The van der Waals surface area contributed by atoms with E-state index in [-0.39, 0.29) is 6.10 Å². The van der Waals surface area contributed by atoms with Gasteiger partial charge in [0, 0.05) is 12.6 Å². The third-order valence-electron chi connectivity index (χ3n) is 3.59. The molecular formula is C13H24N4O. The third kappa shape index (κ3) is 3.29. The molecule has 5 nitrogen and oxygen atoms in total. The Morgan fingerprint density at radius 2 is 2.39 bits per heavy atom. The number of likely N-dealkylation sites (tertiary alicyclic amines) is 1. The van der Waals surface area contributed by atoms with Crippen LogP contribution in [0.25, 0.3) is 0 Å². The largest absolute Gasteiger partial charge is 0.393 e. The molecule has 1 aromatic heterocycles. The number of nitrogens with zero attached hydrogens (tertiary/aromatic N) is 4. The fourth-order valence-corrected chi connectivity index (χ4v) is 2.75. The van der Waals surface area contributed by atoms with Crippen molar-refractivity contribution in [1.82, 2.24) is 19.7 Å². The van der Waals surface area contributed by atoms with Gasteiger partial charge in [0.15, 0.2) is 0 Å². The van der Waals surface area contributed by atoms with Gasteiger partial charge in [0.2, 0.25) is 0 Å². The van der Waals surface area contributed by atoms with Gasteiger partial charge in [-0.3, -0.25) is 4.90 Å². The van der Waals surface area contributed by atoms with Gasteiger partial charge in [0.25, 0.3) is 0 Å². The van der Waals surface area contributed by atoms with Crippen LogP contribution in [0.4, 0.5) is 0 Å². The monoisotopic (exact) mass is 252 g/mol. The lowest BCUT2D eigenvalue weighted by atomic mass is 10.1. The van der Waals surface area contributed by atoms with Crippen molar-refractivity contribution in [1.29, 1.82) is 0 Å². The molecular weight excluding hydrogens is 228 g/mol. The molecule has 5 heteroatoms. The van der Waals surface area contributed by atoms with Gasteiger partial charge in [-0.2, -0.15) is 5.10 Å². The van der Waals surface area contributed by atoms with Crippen LogP contribution in [0.3, 0.4) is 0 Å². The lowest BCUT2D eigenvalue weighted by Gasteiger charge is -2.25. The normalized spacial score (nSPS) is 22.5. The van der Waals surface area contributed by atoms with Crippen LogP contribution >= 0.6 is 0 Å². The quantitative estimate of drug-likeness (QED) is 0.832. The number of hydrogen-bond donors (Lipinski definition) is 1. The van der Waals surface area contributed by atoms with Crippen molar-refractivity contribution in [2.45, 2.75) is 64.8 Å². The molecule has 102 valence electrons. The maximum atomic E-state index is 9.54. The fourth-order valence-electron chi connectivity index (χ4n) is 2.75. The van der Waals surface area contributed by atoms with Gasteiger partial charge in [-0.25, -0.2) is 9.67 Å². The lowest BCUT2D eigenvalue weighted by molar-refractivity contribution is 0.128. The van der Waals surface area contributed by atoms with E-state index in [9.17, 15) is 5.11 Å². The van der Waals surface area contributed by atoms with Crippen LogP contribution in [-0.4, -0.2) is 43.5 Å².